The SMILES string of the molecule is O=C(c1cccc2ccccc12)n1c2c(c3cc(Cl)ccc31)CCN(C(O)C(F)(F)F)C2. The third-order valence-electron chi connectivity index (χ3n) is 6.01. The first kappa shape index (κ1) is 21.0. The number of carbonyl (C=O) groups excluding carboxylic acids is 1. The van der Waals surface area contributed by atoms with Crippen LogP contribution in [0.5, 0.6) is 0 Å². The maximum absolute atomic E-state index is 13.8. The third-order valence-corrected chi connectivity index (χ3v) is 6.24. The van der Waals surface area contributed by atoms with Crippen molar-refractivity contribution < 1.29 is 23.1 Å². The molecule has 0 radical (unpaired) electrons. The Hall–Kier alpha value is -2.87. The minimum absolute atomic E-state index is 0.0156. The second-order valence-electron chi connectivity index (χ2n) is 7.89. The molecule has 3 aromatic carbocycles. The molecule has 0 aliphatic carbocycles. The Kier molecular flexibility index (Phi) is 5.00. The first-order valence-electron chi connectivity index (χ1n) is 10.1. The molecule has 1 aliphatic heterocycles. The fraction of sp³-hybridized carbons (Fsp3) is 0.208. The van der Waals surface area contributed by atoms with E-state index < -0.39 is 12.4 Å². The number of rotatable bonds is 2. The topological polar surface area (TPSA) is 45.5 Å². The van der Waals surface area contributed by atoms with Crippen molar-refractivity contribution >= 4 is 39.2 Å². The number of alkyl halides is 3. The number of benzene rings is 3. The van der Waals surface area contributed by atoms with E-state index in [9.17, 15) is 23.1 Å². The van der Waals surface area contributed by atoms with Gasteiger partial charge in [-0.1, -0.05) is 48.0 Å². The van der Waals surface area contributed by atoms with Gasteiger partial charge >= 0.3 is 6.18 Å². The molecular weight excluding hydrogens is 441 g/mol. The highest BCUT2D eigenvalue weighted by atomic mass is 35.5. The van der Waals surface area contributed by atoms with E-state index in [-0.39, 0.29) is 25.4 Å². The van der Waals surface area contributed by atoms with Crippen LogP contribution in [0, 0.1) is 0 Å². The van der Waals surface area contributed by atoms with Gasteiger partial charge in [0, 0.05) is 34.8 Å². The van der Waals surface area contributed by atoms with Crippen LogP contribution in [0.25, 0.3) is 21.7 Å². The highest BCUT2D eigenvalue weighted by Crippen LogP contribution is 2.36. The van der Waals surface area contributed by atoms with E-state index >= 15 is 0 Å². The lowest BCUT2D eigenvalue weighted by Gasteiger charge is -2.33. The van der Waals surface area contributed by atoms with E-state index in [0.29, 0.717) is 21.8 Å². The summed E-state index contributed by atoms with van der Waals surface area (Å²) < 4.78 is 41.0. The number of carbonyl (C=O) groups is 1. The van der Waals surface area contributed by atoms with Crippen LogP contribution in [-0.2, 0) is 13.0 Å². The number of halogens is 4. The minimum Gasteiger partial charge on any atom is -0.370 e. The molecule has 4 nitrogen and oxygen atoms in total. The van der Waals surface area contributed by atoms with Gasteiger partial charge in [-0.2, -0.15) is 13.2 Å². The Morgan fingerprint density at radius 3 is 2.56 bits per heavy atom. The average molecular weight is 459 g/mol. The van der Waals surface area contributed by atoms with Crippen molar-refractivity contribution in [2.45, 2.75) is 25.4 Å². The van der Waals surface area contributed by atoms with Crippen LogP contribution < -0.4 is 0 Å². The van der Waals surface area contributed by atoms with Gasteiger partial charge in [0.2, 0.25) is 6.23 Å². The molecule has 4 aromatic rings. The fourth-order valence-electron chi connectivity index (χ4n) is 4.53. The lowest BCUT2D eigenvalue weighted by Crippen LogP contribution is -2.48. The van der Waals surface area contributed by atoms with Crippen LogP contribution in [0.15, 0.2) is 60.7 Å². The zero-order chi connectivity index (χ0) is 22.6. The van der Waals surface area contributed by atoms with Crippen molar-refractivity contribution in [3.63, 3.8) is 0 Å². The highest BCUT2D eigenvalue weighted by molar-refractivity contribution is 6.31. The van der Waals surface area contributed by atoms with Gasteiger partial charge in [-0.05, 0) is 47.0 Å². The molecule has 0 spiro atoms. The number of aromatic nitrogens is 1. The largest absolute Gasteiger partial charge is 0.428 e. The maximum atomic E-state index is 13.8. The second-order valence-corrected chi connectivity index (χ2v) is 8.33. The molecule has 1 aliphatic rings. The van der Waals surface area contributed by atoms with Gasteiger partial charge in [-0.3, -0.25) is 14.3 Å². The van der Waals surface area contributed by atoms with E-state index in [4.69, 9.17) is 11.6 Å². The summed E-state index contributed by atoms with van der Waals surface area (Å²) in [7, 11) is 0. The van der Waals surface area contributed by atoms with Crippen LogP contribution in [0.1, 0.15) is 21.6 Å². The molecule has 164 valence electrons. The number of aliphatic hydroxyl groups is 1. The Bertz CT molecular complexity index is 1360. The molecule has 0 saturated carbocycles. The molecule has 1 unspecified atom stereocenters. The summed E-state index contributed by atoms with van der Waals surface area (Å²) in [4.78, 5) is 14.7. The van der Waals surface area contributed by atoms with Gasteiger partial charge in [0.15, 0.2) is 0 Å². The van der Waals surface area contributed by atoms with Crippen molar-refractivity contribution in [1.29, 1.82) is 0 Å². The fourth-order valence-corrected chi connectivity index (χ4v) is 4.70. The van der Waals surface area contributed by atoms with Crippen molar-refractivity contribution in [2.75, 3.05) is 6.54 Å². The van der Waals surface area contributed by atoms with Gasteiger partial charge in [0.05, 0.1) is 5.52 Å². The summed E-state index contributed by atoms with van der Waals surface area (Å²) in [6, 6.07) is 18.0. The van der Waals surface area contributed by atoms with Gasteiger partial charge in [-0.15, -0.1) is 0 Å². The third kappa shape index (κ3) is 3.37. The van der Waals surface area contributed by atoms with Crippen molar-refractivity contribution in [3.8, 4) is 0 Å². The van der Waals surface area contributed by atoms with E-state index in [1.54, 1.807) is 30.3 Å². The van der Waals surface area contributed by atoms with Gasteiger partial charge in [0.1, 0.15) is 0 Å². The molecule has 5 rings (SSSR count). The predicted octanol–water partition coefficient (Wildman–Crippen LogP) is 5.38. The Morgan fingerprint density at radius 2 is 1.78 bits per heavy atom. The summed E-state index contributed by atoms with van der Waals surface area (Å²) in [5.74, 6) is -0.335. The Balaban J connectivity index is 1.70. The standard InChI is InChI=1S/C24H18ClF3N2O2/c25-15-8-9-20-19(12-15)17-10-11-29(23(32)24(26,27)28)13-21(17)30(20)22(31)18-7-3-5-14-4-1-2-6-16(14)18/h1-9,12,23,32H,10-11,13H2. The van der Waals surface area contributed by atoms with E-state index in [1.807, 2.05) is 30.3 Å². The molecule has 32 heavy (non-hydrogen) atoms. The van der Waals surface area contributed by atoms with Crippen LogP contribution >= 0.6 is 11.6 Å². The smallest absolute Gasteiger partial charge is 0.370 e. The maximum Gasteiger partial charge on any atom is 0.428 e. The van der Waals surface area contributed by atoms with Crippen LogP contribution in [0.2, 0.25) is 5.02 Å². The van der Waals surface area contributed by atoms with Crippen molar-refractivity contribution in [1.82, 2.24) is 9.47 Å². The van der Waals surface area contributed by atoms with E-state index in [1.165, 1.54) is 4.57 Å². The number of aliphatic hydroxyl groups excluding tert-OH is 1. The zero-order valence-corrected chi connectivity index (χ0v) is 17.5. The zero-order valence-electron chi connectivity index (χ0n) is 16.7. The summed E-state index contributed by atoms with van der Waals surface area (Å²) in [6.45, 7) is -0.194. The molecular formula is C24H18ClF3N2O2. The van der Waals surface area contributed by atoms with Crippen LogP contribution in [0.4, 0.5) is 13.2 Å². The Morgan fingerprint density at radius 1 is 1.03 bits per heavy atom. The molecule has 0 bridgehead atoms. The molecule has 0 saturated heterocycles. The normalized spacial score (nSPS) is 15.8. The number of nitrogens with zero attached hydrogens (tertiary/aromatic N) is 2. The molecule has 1 atom stereocenters. The van der Waals surface area contributed by atoms with Crippen molar-refractivity contribution in [2.24, 2.45) is 0 Å². The molecule has 0 fully saturated rings. The van der Waals surface area contributed by atoms with E-state index in [2.05, 4.69) is 0 Å². The highest BCUT2D eigenvalue weighted by Gasteiger charge is 2.44. The van der Waals surface area contributed by atoms with Gasteiger partial charge in [-0.25, -0.2) is 0 Å². The molecule has 1 N–H and O–H groups in total. The summed E-state index contributed by atoms with van der Waals surface area (Å²) in [6.07, 6.45) is -7.12. The average Bonchev–Trinajstić information content (AvgIpc) is 3.09. The van der Waals surface area contributed by atoms with E-state index in [0.717, 1.165) is 26.6 Å². The van der Waals surface area contributed by atoms with Gasteiger partial charge < -0.3 is 5.11 Å². The summed E-state index contributed by atoms with van der Waals surface area (Å²) in [5, 5.41) is 12.7. The van der Waals surface area contributed by atoms with Crippen LogP contribution in [0.3, 0.4) is 0 Å². The molecule has 8 heteroatoms. The predicted molar refractivity (Wildman–Crippen MR) is 117 cm³/mol. The van der Waals surface area contributed by atoms with Crippen molar-refractivity contribution in [3.05, 3.63) is 82.5 Å². The Labute approximate surface area is 186 Å². The first-order chi connectivity index (χ1) is 15.3. The number of fused-ring (bicyclic) bond motifs is 4. The molecule has 0 amide bonds. The lowest BCUT2D eigenvalue weighted by molar-refractivity contribution is -0.252. The monoisotopic (exact) mass is 458 g/mol. The second kappa shape index (κ2) is 7.62. The van der Waals surface area contributed by atoms with Crippen LogP contribution in [-0.4, -0.2) is 39.4 Å². The number of hydrogen-bond acceptors (Lipinski definition) is 3. The van der Waals surface area contributed by atoms with Gasteiger partial charge in [0.25, 0.3) is 5.91 Å². The minimum atomic E-state index is -4.78. The number of hydrogen-bond donors (Lipinski definition) is 1. The summed E-state index contributed by atoms with van der Waals surface area (Å²) >= 11 is 6.19. The molecule has 1 aromatic heterocycles. The lowest BCUT2D eigenvalue weighted by atomic mass is 10.0. The quantitative estimate of drug-likeness (QED) is 0.439. The first-order valence-corrected chi connectivity index (χ1v) is 10.5. The molecule has 2 heterocycles. The summed E-state index contributed by atoms with van der Waals surface area (Å²) in [5.41, 5.74) is 2.25.